The molecule has 3 N–H and O–H groups in total. The third-order valence-corrected chi connectivity index (χ3v) is 4.68. The van der Waals surface area contributed by atoms with Gasteiger partial charge in [0, 0.05) is 18.7 Å². The summed E-state index contributed by atoms with van der Waals surface area (Å²) < 4.78 is 10.6. The second kappa shape index (κ2) is 9.06. The fourth-order valence-corrected chi connectivity index (χ4v) is 3.17. The zero-order chi connectivity index (χ0) is 21.7. The minimum Gasteiger partial charge on any atom is -0.497 e. The summed E-state index contributed by atoms with van der Waals surface area (Å²) in [6, 6.07) is 7.42. The number of ether oxygens (including phenoxy) is 2. The van der Waals surface area contributed by atoms with E-state index in [1.807, 2.05) is 45.0 Å². The standard InChI is InChI=1S/C21H29N5O4/c1-21(2,3)30-20(28)26-12-10-16-17(13-26)24-25-18(16)23-19(27)22-11-9-14-5-7-15(29-4)8-6-14/h5-8H,9-13H2,1-4H3,(H3,22,23,24,25,27). The van der Waals surface area contributed by atoms with Gasteiger partial charge in [-0.3, -0.25) is 10.4 Å². The van der Waals surface area contributed by atoms with Crippen molar-refractivity contribution in [3.63, 3.8) is 0 Å². The van der Waals surface area contributed by atoms with Crippen LogP contribution < -0.4 is 15.4 Å². The van der Waals surface area contributed by atoms with Gasteiger partial charge in [-0.05, 0) is 51.3 Å². The highest BCUT2D eigenvalue weighted by Gasteiger charge is 2.28. The highest BCUT2D eigenvalue weighted by molar-refractivity contribution is 5.89. The van der Waals surface area contributed by atoms with Crippen molar-refractivity contribution in [3.05, 3.63) is 41.1 Å². The SMILES string of the molecule is COc1ccc(CCNC(=O)Nc2n[nH]c3c2CCN(C(=O)OC(C)(C)C)C3)cc1. The molecule has 9 nitrogen and oxygen atoms in total. The summed E-state index contributed by atoms with van der Waals surface area (Å²) in [5.74, 6) is 1.30. The number of hydrogen-bond acceptors (Lipinski definition) is 5. The van der Waals surface area contributed by atoms with Crippen molar-refractivity contribution in [1.29, 1.82) is 0 Å². The van der Waals surface area contributed by atoms with Crippen molar-refractivity contribution in [2.24, 2.45) is 0 Å². The number of urea groups is 1. The molecule has 0 saturated heterocycles. The molecule has 0 aliphatic carbocycles. The van der Waals surface area contributed by atoms with Gasteiger partial charge < -0.3 is 19.7 Å². The molecule has 9 heteroatoms. The van der Waals surface area contributed by atoms with E-state index in [2.05, 4.69) is 20.8 Å². The Kier molecular flexibility index (Phi) is 6.49. The molecule has 0 radical (unpaired) electrons. The topological polar surface area (TPSA) is 109 Å². The van der Waals surface area contributed by atoms with Gasteiger partial charge in [0.05, 0.1) is 19.3 Å². The molecule has 0 atom stereocenters. The van der Waals surface area contributed by atoms with Crippen molar-refractivity contribution in [2.75, 3.05) is 25.5 Å². The third kappa shape index (κ3) is 5.65. The first kappa shape index (κ1) is 21.5. The van der Waals surface area contributed by atoms with Gasteiger partial charge in [-0.2, -0.15) is 5.10 Å². The van der Waals surface area contributed by atoms with E-state index in [9.17, 15) is 9.59 Å². The Bertz CT molecular complexity index is 886. The Balaban J connectivity index is 1.49. The Morgan fingerprint density at radius 3 is 2.63 bits per heavy atom. The fraction of sp³-hybridized carbons (Fsp3) is 0.476. The third-order valence-electron chi connectivity index (χ3n) is 4.68. The van der Waals surface area contributed by atoms with E-state index in [4.69, 9.17) is 9.47 Å². The molecule has 162 valence electrons. The van der Waals surface area contributed by atoms with Crippen LogP contribution in [0.15, 0.2) is 24.3 Å². The quantitative estimate of drug-likeness (QED) is 0.695. The summed E-state index contributed by atoms with van der Waals surface area (Å²) in [4.78, 5) is 26.1. The maximum Gasteiger partial charge on any atom is 0.410 e. The lowest BCUT2D eigenvalue weighted by Gasteiger charge is -2.29. The fourth-order valence-electron chi connectivity index (χ4n) is 3.17. The van der Waals surface area contributed by atoms with E-state index in [1.165, 1.54) is 0 Å². The number of rotatable bonds is 5. The monoisotopic (exact) mass is 415 g/mol. The minimum atomic E-state index is -0.540. The smallest absolute Gasteiger partial charge is 0.410 e. The van der Waals surface area contributed by atoms with E-state index >= 15 is 0 Å². The van der Waals surface area contributed by atoms with Crippen LogP contribution in [0, 0.1) is 0 Å². The zero-order valence-electron chi connectivity index (χ0n) is 17.9. The normalized spacial score (nSPS) is 13.4. The van der Waals surface area contributed by atoms with Gasteiger partial charge in [-0.15, -0.1) is 0 Å². The Labute approximate surface area is 176 Å². The Hall–Kier alpha value is -3.23. The molecule has 2 aromatic rings. The summed E-state index contributed by atoms with van der Waals surface area (Å²) in [5, 5.41) is 12.7. The first-order chi connectivity index (χ1) is 14.2. The average Bonchev–Trinajstić information content (AvgIpc) is 3.09. The summed E-state index contributed by atoms with van der Waals surface area (Å²) in [6.07, 6.45) is 0.946. The second-order valence-corrected chi connectivity index (χ2v) is 8.16. The molecule has 0 unspecified atom stereocenters. The molecule has 0 spiro atoms. The van der Waals surface area contributed by atoms with Crippen LogP contribution in [0.1, 0.15) is 37.6 Å². The molecule has 0 fully saturated rings. The molecule has 1 aromatic carbocycles. The van der Waals surface area contributed by atoms with E-state index in [0.717, 1.165) is 22.6 Å². The van der Waals surface area contributed by atoms with Gasteiger partial charge in [-0.1, -0.05) is 12.1 Å². The highest BCUT2D eigenvalue weighted by Crippen LogP contribution is 2.24. The van der Waals surface area contributed by atoms with Gasteiger partial charge in [0.1, 0.15) is 11.4 Å². The second-order valence-electron chi connectivity index (χ2n) is 8.16. The number of amides is 3. The number of H-pyrrole nitrogens is 1. The lowest BCUT2D eigenvalue weighted by atomic mass is 10.1. The molecule has 1 aliphatic rings. The minimum absolute atomic E-state index is 0.313. The van der Waals surface area contributed by atoms with Gasteiger partial charge in [0.25, 0.3) is 0 Å². The molecule has 3 amide bonds. The number of aromatic amines is 1. The van der Waals surface area contributed by atoms with Crippen LogP contribution in [-0.4, -0.2) is 53.0 Å². The first-order valence-electron chi connectivity index (χ1n) is 9.97. The van der Waals surface area contributed by atoms with Crippen LogP contribution in [0.3, 0.4) is 0 Å². The van der Waals surface area contributed by atoms with Crippen LogP contribution in [0.25, 0.3) is 0 Å². The number of nitrogens with zero attached hydrogens (tertiary/aromatic N) is 2. The van der Waals surface area contributed by atoms with Crippen LogP contribution >= 0.6 is 0 Å². The van der Waals surface area contributed by atoms with E-state index < -0.39 is 5.60 Å². The molecule has 3 rings (SSSR count). The van der Waals surface area contributed by atoms with Gasteiger partial charge in [0.15, 0.2) is 5.82 Å². The van der Waals surface area contributed by atoms with Crippen LogP contribution in [0.2, 0.25) is 0 Å². The molecule has 0 bridgehead atoms. The summed E-state index contributed by atoms with van der Waals surface area (Å²) in [6.45, 7) is 6.90. The van der Waals surface area contributed by atoms with Crippen molar-refractivity contribution >= 4 is 17.9 Å². The summed E-state index contributed by atoms with van der Waals surface area (Å²) in [7, 11) is 1.63. The van der Waals surface area contributed by atoms with Crippen LogP contribution in [-0.2, 0) is 24.1 Å². The maximum absolute atomic E-state index is 12.3. The van der Waals surface area contributed by atoms with Crippen molar-refractivity contribution in [2.45, 2.75) is 45.8 Å². The molecule has 1 aliphatic heterocycles. The number of carbonyl (C=O) groups is 2. The zero-order valence-corrected chi connectivity index (χ0v) is 17.9. The van der Waals surface area contributed by atoms with Crippen LogP contribution in [0.4, 0.5) is 15.4 Å². The molecular weight excluding hydrogens is 386 g/mol. The lowest BCUT2D eigenvalue weighted by Crippen LogP contribution is -2.40. The van der Waals surface area contributed by atoms with E-state index in [-0.39, 0.29) is 12.1 Å². The number of methoxy groups -OCH3 is 1. The van der Waals surface area contributed by atoms with Crippen molar-refractivity contribution in [1.82, 2.24) is 20.4 Å². The maximum atomic E-state index is 12.3. The summed E-state index contributed by atoms with van der Waals surface area (Å²) >= 11 is 0. The number of carbonyl (C=O) groups excluding carboxylic acids is 2. The molecule has 30 heavy (non-hydrogen) atoms. The predicted octanol–water partition coefficient (Wildman–Crippen LogP) is 3.08. The van der Waals surface area contributed by atoms with Gasteiger partial charge >= 0.3 is 12.1 Å². The van der Waals surface area contributed by atoms with Crippen molar-refractivity contribution < 1.29 is 19.1 Å². The highest BCUT2D eigenvalue weighted by atomic mass is 16.6. The van der Waals surface area contributed by atoms with E-state index in [1.54, 1.807) is 12.0 Å². The summed E-state index contributed by atoms with van der Waals surface area (Å²) in [5.41, 5.74) is 2.29. The number of anilines is 1. The van der Waals surface area contributed by atoms with Gasteiger partial charge in [-0.25, -0.2) is 9.59 Å². The van der Waals surface area contributed by atoms with E-state index in [0.29, 0.717) is 38.3 Å². The predicted molar refractivity (Wildman–Crippen MR) is 113 cm³/mol. The van der Waals surface area contributed by atoms with Crippen LogP contribution in [0.5, 0.6) is 5.75 Å². The Morgan fingerprint density at radius 2 is 1.97 bits per heavy atom. The average molecular weight is 415 g/mol. The number of nitrogens with one attached hydrogen (secondary N) is 3. The molecule has 1 aromatic heterocycles. The van der Waals surface area contributed by atoms with Gasteiger partial charge in [0.2, 0.25) is 0 Å². The molecule has 2 heterocycles. The number of benzene rings is 1. The number of fused-ring (bicyclic) bond motifs is 1. The first-order valence-corrected chi connectivity index (χ1v) is 9.97. The lowest BCUT2D eigenvalue weighted by molar-refractivity contribution is 0.0221. The van der Waals surface area contributed by atoms with Crippen molar-refractivity contribution in [3.8, 4) is 5.75 Å². The molecule has 0 saturated carbocycles. The number of hydrogen-bond donors (Lipinski definition) is 3. The largest absolute Gasteiger partial charge is 0.497 e. The Morgan fingerprint density at radius 1 is 1.23 bits per heavy atom. The number of aromatic nitrogens is 2. The molecular formula is C21H29N5O4.